The van der Waals surface area contributed by atoms with Gasteiger partial charge in [-0.15, -0.1) is 17.0 Å². The van der Waals surface area contributed by atoms with Crippen LogP contribution in [0.1, 0.15) is 0 Å². The van der Waals surface area contributed by atoms with Gasteiger partial charge in [-0.1, -0.05) is 15.9 Å². The van der Waals surface area contributed by atoms with E-state index in [1.165, 1.54) is 6.20 Å². The van der Waals surface area contributed by atoms with E-state index in [2.05, 4.69) is 15.9 Å². The van der Waals surface area contributed by atoms with Gasteiger partial charge in [0.15, 0.2) is 0 Å². The van der Waals surface area contributed by atoms with Crippen LogP contribution in [0.25, 0.3) is 0 Å². The molecule has 1 nitrogen and oxygen atoms in total. The number of rotatable bonds is 0. The van der Waals surface area contributed by atoms with E-state index in [1.807, 2.05) is 0 Å². The summed E-state index contributed by atoms with van der Waals surface area (Å²) >= 11 is 2.94. The summed E-state index contributed by atoms with van der Waals surface area (Å²) in [6, 6.07) is 0. The van der Waals surface area contributed by atoms with Crippen LogP contribution in [0.3, 0.4) is 0 Å². The molecule has 0 unspecified atom stereocenters. The first-order chi connectivity index (χ1) is 1.91. The molecule has 0 fully saturated rings. The van der Waals surface area contributed by atoms with E-state index in [1.54, 1.807) is 4.99 Å². The van der Waals surface area contributed by atoms with E-state index in [0.29, 0.717) is 0 Å². The van der Waals surface area contributed by atoms with Crippen LogP contribution in [0.15, 0.2) is 11.2 Å². The van der Waals surface area contributed by atoms with Crippen LogP contribution >= 0.6 is 32.9 Å². The number of halogens is 2. The van der Waals surface area contributed by atoms with Crippen molar-refractivity contribution in [3.8, 4) is 0 Å². The average Bonchev–Trinajstić information content (AvgIpc) is 1.37. The largest absolute Gasteiger partial charge is 0.404 e. The molecule has 0 aromatic heterocycles. The summed E-state index contributed by atoms with van der Waals surface area (Å²) in [5.74, 6) is 0. The maximum Gasteiger partial charge on any atom is 0.000801 e. The molecule has 0 aromatic rings. The van der Waals surface area contributed by atoms with Crippen molar-refractivity contribution in [2.45, 2.75) is 0 Å². The Balaban J connectivity index is 0. The van der Waals surface area contributed by atoms with Crippen LogP contribution in [0.2, 0.25) is 0 Å². The Hall–Kier alpha value is 0.500. The third-order valence-corrected chi connectivity index (χ3v) is 0.378. The summed E-state index contributed by atoms with van der Waals surface area (Å²) in [5.41, 5.74) is 4.80. The van der Waals surface area contributed by atoms with E-state index in [4.69, 9.17) is 5.73 Å². The molecule has 0 rings (SSSR count). The Labute approximate surface area is 50.1 Å². The fourth-order valence-electron chi connectivity index (χ4n) is 0. The fourth-order valence-corrected chi connectivity index (χ4v) is 0. The van der Waals surface area contributed by atoms with Crippen molar-refractivity contribution in [1.29, 1.82) is 0 Å². The molecule has 0 atom stereocenters. The summed E-state index contributed by atoms with van der Waals surface area (Å²) in [4.78, 5) is 1.59. The van der Waals surface area contributed by atoms with Crippen molar-refractivity contribution < 1.29 is 0 Å². The lowest BCUT2D eigenvalue weighted by Crippen LogP contribution is -1.69. The van der Waals surface area contributed by atoms with Gasteiger partial charge in [-0.25, -0.2) is 0 Å². The highest BCUT2D eigenvalue weighted by molar-refractivity contribution is 9.11. The van der Waals surface area contributed by atoms with Crippen LogP contribution in [0.4, 0.5) is 0 Å². The molecular formula is C2H5Br2N. The van der Waals surface area contributed by atoms with Crippen LogP contribution < -0.4 is 5.73 Å². The third kappa shape index (κ3) is 12.5. The SMILES string of the molecule is Br.N/C=C/Br. The molecule has 0 amide bonds. The molecular weight excluding hydrogens is 198 g/mol. The Morgan fingerprint density at radius 3 is 1.80 bits per heavy atom. The monoisotopic (exact) mass is 201 g/mol. The van der Waals surface area contributed by atoms with Gasteiger partial charge in [0.2, 0.25) is 0 Å². The highest BCUT2D eigenvalue weighted by Crippen LogP contribution is 1.72. The average molecular weight is 203 g/mol. The van der Waals surface area contributed by atoms with Gasteiger partial charge < -0.3 is 5.73 Å². The van der Waals surface area contributed by atoms with Crippen LogP contribution in [-0.4, -0.2) is 0 Å². The standard InChI is InChI=1S/C2H4BrN.BrH/c3-1-2-4;/h1-2H,4H2;1H/b2-1+;. The molecule has 0 aliphatic rings. The van der Waals surface area contributed by atoms with Crippen molar-refractivity contribution in [1.82, 2.24) is 0 Å². The second-order valence-electron chi connectivity index (χ2n) is 0.318. The molecule has 32 valence electrons. The summed E-state index contributed by atoms with van der Waals surface area (Å²) in [7, 11) is 0. The molecule has 2 N–H and O–H groups in total. The fraction of sp³-hybridized carbons (Fsp3) is 0. The van der Waals surface area contributed by atoms with Crippen molar-refractivity contribution in [3.63, 3.8) is 0 Å². The van der Waals surface area contributed by atoms with Crippen molar-refractivity contribution in [2.24, 2.45) is 5.73 Å². The van der Waals surface area contributed by atoms with Gasteiger partial charge in [0, 0.05) is 6.20 Å². The Kier molecular flexibility index (Phi) is 16.0. The molecule has 0 bridgehead atoms. The predicted molar refractivity (Wildman–Crippen MR) is 32.6 cm³/mol. The molecule has 0 spiro atoms. The van der Waals surface area contributed by atoms with E-state index >= 15 is 0 Å². The topological polar surface area (TPSA) is 26.0 Å². The number of hydrogen-bond donors (Lipinski definition) is 1. The summed E-state index contributed by atoms with van der Waals surface area (Å²) in [6.45, 7) is 0. The molecule has 0 aromatic carbocycles. The van der Waals surface area contributed by atoms with Crippen molar-refractivity contribution in [3.05, 3.63) is 11.2 Å². The van der Waals surface area contributed by atoms with E-state index in [0.717, 1.165) is 0 Å². The lowest BCUT2D eigenvalue weighted by atomic mass is 11.1. The normalized spacial score (nSPS) is 7.40. The third-order valence-electron chi connectivity index (χ3n) is 0.0727. The quantitative estimate of drug-likeness (QED) is 0.632. The lowest BCUT2D eigenvalue weighted by molar-refractivity contribution is 1.63. The molecule has 0 aliphatic heterocycles. The molecule has 0 saturated carbocycles. The van der Waals surface area contributed by atoms with Gasteiger partial charge in [-0.05, 0) is 4.99 Å². The minimum atomic E-state index is 0. The number of nitrogens with two attached hydrogens (primary N) is 1. The molecule has 3 heteroatoms. The van der Waals surface area contributed by atoms with E-state index in [9.17, 15) is 0 Å². The first-order valence-electron chi connectivity index (χ1n) is 0.885. The van der Waals surface area contributed by atoms with Gasteiger partial charge in [0.25, 0.3) is 0 Å². The Morgan fingerprint density at radius 1 is 1.60 bits per heavy atom. The summed E-state index contributed by atoms with van der Waals surface area (Å²) in [5, 5.41) is 0. The van der Waals surface area contributed by atoms with Crippen LogP contribution in [0.5, 0.6) is 0 Å². The lowest BCUT2D eigenvalue weighted by Gasteiger charge is -1.51. The zero-order valence-electron chi connectivity index (χ0n) is 2.52. The molecule has 5 heavy (non-hydrogen) atoms. The van der Waals surface area contributed by atoms with Gasteiger partial charge in [-0.2, -0.15) is 0 Å². The summed E-state index contributed by atoms with van der Waals surface area (Å²) < 4.78 is 0. The summed E-state index contributed by atoms with van der Waals surface area (Å²) in [6.07, 6.45) is 1.42. The zero-order valence-corrected chi connectivity index (χ0v) is 5.82. The first kappa shape index (κ1) is 9.09. The highest BCUT2D eigenvalue weighted by atomic mass is 79.9. The maximum absolute atomic E-state index is 4.80. The second-order valence-corrected chi connectivity index (χ2v) is 0.847. The van der Waals surface area contributed by atoms with Gasteiger partial charge in [0.05, 0.1) is 0 Å². The zero-order chi connectivity index (χ0) is 3.41. The minimum Gasteiger partial charge on any atom is -0.404 e. The van der Waals surface area contributed by atoms with Crippen molar-refractivity contribution >= 4 is 32.9 Å². The van der Waals surface area contributed by atoms with Gasteiger partial charge in [-0.3, -0.25) is 0 Å². The maximum atomic E-state index is 4.80. The Morgan fingerprint density at radius 2 is 1.80 bits per heavy atom. The van der Waals surface area contributed by atoms with E-state index in [-0.39, 0.29) is 17.0 Å². The molecule has 0 saturated heterocycles. The predicted octanol–water partition coefficient (Wildman–Crippen LogP) is 1.39. The molecule has 0 heterocycles. The number of hydrogen-bond acceptors (Lipinski definition) is 1. The molecule has 0 aliphatic carbocycles. The van der Waals surface area contributed by atoms with Gasteiger partial charge >= 0.3 is 0 Å². The van der Waals surface area contributed by atoms with E-state index < -0.39 is 0 Å². The van der Waals surface area contributed by atoms with Crippen LogP contribution in [0, 0.1) is 0 Å². The second kappa shape index (κ2) is 8.82. The van der Waals surface area contributed by atoms with Gasteiger partial charge in [0.1, 0.15) is 0 Å². The highest BCUT2D eigenvalue weighted by Gasteiger charge is 1.35. The molecule has 0 radical (unpaired) electrons. The first-order valence-corrected chi connectivity index (χ1v) is 1.80. The smallest absolute Gasteiger partial charge is 0.000801 e. The van der Waals surface area contributed by atoms with Crippen LogP contribution in [-0.2, 0) is 0 Å². The van der Waals surface area contributed by atoms with Crippen molar-refractivity contribution in [2.75, 3.05) is 0 Å². The Bertz CT molecular complexity index is 22.8. The minimum absolute atomic E-state index is 0.